The number of aryl methyl sites for hydroxylation is 1. The van der Waals surface area contributed by atoms with Crippen LogP contribution in [-0.2, 0) is 0 Å². The first-order valence-electron chi connectivity index (χ1n) is 7.94. The van der Waals surface area contributed by atoms with Crippen LogP contribution in [0.4, 0.5) is 11.6 Å². The van der Waals surface area contributed by atoms with Crippen LogP contribution < -0.4 is 5.32 Å². The number of rotatable bonds is 4. The van der Waals surface area contributed by atoms with Crippen LogP contribution in [0.3, 0.4) is 0 Å². The summed E-state index contributed by atoms with van der Waals surface area (Å²) in [5, 5.41) is 4.27. The average molecular weight is 335 g/mol. The number of nitrogens with zero attached hydrogens (tertiary/aromatic N) is 4. The molecule has 0 fully saturated rings. The van der Waals surface area contributed by atoms with Crippen molar-refractivity contribution in [2.24, 2.45) is 4.99 Å². The second-order valence-electron chi connectivity index (χ2n) is 5.71. The van der Waals surface area contributed by atoms with Crippen LogP contribution >= 0.6 is 11.3 Å². The summed E-state index contributed by atoms with van der Waals surface area (Å²) < 4.78 is 0. The Kier molecular flexibility index (Phi) is 4.04. The number of hydrogen-bond donors (Lipinski definition) is 1. The smallest absolute Gasteiger partial charge is 0.137 e. The first kappa shape index (κ1) is 15.0. The first-order chi connectivity index (χ1) is 11.8. The van der Waals surface area contributed by atoms with E-state index in [0.29, 0.717) is 0 Å². The summed E-state index contributed by atoms with van der Waals surface area (Å²) in [7, 11) is 0. The Morgan fingerprint density at radius 2 is 2.08 bits per heavy atom. The van der Waals surface area contributed by atoms with Crippen molar-refractivity contribution < 1.29 is 0 Å². The lowest BCUT2D eigenvalue weighted by molar-refractivity contribution is 0.951. The third-order valence-electron chi connectivity index (χ3n) is 3.80. The minimum Gasteiger partial charge on any atom is -0.325 e. The van der Waals surface area contributed by atoms with Crippen molar-refractivity contribution in [3.8, 4) is 10.6 Å². The molecule has 0 spiro atoms. The van der Waals surface area contributed by atoms with Gasteiger partial charge >= 0.3 is 0 Å². The molecule has 3 aromatic rings. The SMILES string of the molecule is Cc1ccnc(Nc2cccc(-c3cnc(C4=NCCC4)s3)n2)c1. The molecule has 1 aliphatic rings. The van der Waals surface area contributed by atoms with Crippen LogP contribution in [0.5, 0.6) is 0 Å². The van der Waals surface area contributed by atoms with Gasteiger partial charge in [0.05, 0.1) is 16.3 Å². The molecule has 0 aliphatic carbocycles. The van der Waals surface area contributed by atoms with Crippen LogP contribution in [0, 0.1) is 6.92 Å². The fraction of sp³-hybridized carbons (Fsp3) is 0.222. The van der Waals surface area contributed by atoms with Crippen LogP contribution in [0.1, 0.15) is 23.4 Å². The zero-order valence-corrected chi connectivity index (χ0v) is 14.2. The quantitative estimate of drug-likeness (QED) is 0.775. The number of nitrogens with one attached hydrogen (secondary N) is 1. The lowest BCUT2D eigenvalue weighted by Crippen LogP contribution is -1.96. The predicted molar refractivity (Wildman–Crippen MR) is 98.2 cm³/mol. The van der Waals surface area contributed by atoms with Crippen LogP contribution in [0.15, 0.2) is 47.7 Å². The van der Waals surface area contributed by atoms with Crippen molar-refractivity contribution in [1.29, 1.82) is 0 Å². The van der Waals surface area contributed by atoms with E-state index in [1.807, 2.05) is 43.5 Å². The normalized spacial score (nSPS) is 13.8. The molecular formula is C18H17N5S. The summed E-state index contributed by atoms with van der Waals surface area (Å²) in [6.07, 6.45) is 5.84. The van der Waals surface area contributed by atoms with E-state index in [2.05, 4.69) is 25.3 Å². The molecule has 0 unspecified atom stereocenters. The van der Waals surface area contributed by atoms with Crippen molar-refractivity contribution >= 4 is 28.7 Å². The van der Waals surface area contributed by atoms with E-state index < -0.39 is 0 Å². The van der Waals surface area contributed by atoms with Crippen LogP contribution in [-0.4, -0.2) is 27.2 Å². The van der Waals surface area contributed by atoms with Gasteiger partial charge in [0, 0.05) is 18.9 Å². The van der Waals surface area contributed by atoms with Gasteiger partial charge in [-0.05, 0) is 49.6 Å². The standard InChI is InChI=1S/C18H17N5S/c1-12-7-9-20-17(10-12)23-16-6-2-4-13(22-16)15-11-21-18(24-15)14-5-3-8-19-14/h2,4,6-7,9-11H,3,5,8H2,1H3,(H,20,22,23). The Hall–Kier alpha value is -2.60. The third kappa shape index (κ3) is 3.19. The van der Waals surface area contributed by atoms with Crippen molar-refractivity contribution in [1.82, 2.24) is 15.0 Å². The second-order valence-corrected chi connectivity index (χ2v) is 6.74. The molecule has 120 valence electrons. The van der Waals surface area contributed by atoms with E-state index in [4.69, 9.17) is 0 Å². The van der Waals surface area contributed by atoms with Gasteiger partial charge in [0.1, 0.15) is 16.6 Å². The predicted octanol–water partition coefficient (Wildman–Crippen LogP) is 4.24. The van der Waals surface area contributed by atoms with Crippen molar-refractivity contribution in [2.75, 3.05) is 11.9 Å². The summed E-state index contributed by atoms with van der Waals surface area (Å²) >= 11 is 1.65. The lowest BCUT2D eigenvalue weighted by atomic mass is 10.3. The lowest BCUT2D eigenvalue weighted by Gasteiger charge is -2.06. The zero-order chi connectivity index (χ0) is 16.4. The molecule has 0 amide bonds. The van der Waals surface area contributed by atoms with Gasteiger partial charge in [0.2, 0.25) is 0 Å². The highest BCUT2D eigenvalue weighted by atomic mass is 32.1. The molecule has 24 heavy (non-hydrogen) atoms. The summed E-state index contributed by atoms with van der Waals surface area (Å²) in [6.45, 7) is 2.96. The molecule has 0 radical (unpaired) electrons. The Balaban J connectivity index is 1.58. The molecule has 0 aromatic carbocycles. The maximum absolute atomic E-state index is 4.69. The Labute approximate surface area is 144 Å². The van der Waals surface area contributed by atoms with E-state index in [1.165, 1.54) is 0 Å². The number of anilines is 2. The van der Waals surface area contributed by atoms with Crippen molar-refractivity contribution in [3.63, 3.8) is 0 Å². The van der Waals surface area contributed by atoms with Gasteiger partial charge in [-0.1, -0.05) is 6.07 Å². The molecular weight excluding hydrogens is 318 g/mol. The minimum absolute atomic E-state index is 0.777. The molecule has 1 aliphatic heterocycles. The van der Waals surface area contributed by atoms with E-state index in [-0.39, 0.29) is 0 Å². The Bertz CT molecular complexity index is 900. The number of aliphatic imine (C=N–C) groups is 1. The van der Waals surface area contributed by atoms with E-state index in [9.17, 15) is 0 Å². The molecule has 5 nitrogen and oxygen atoms in total. The van der Waals surface area contributed by atoms with Gasteiger partial charge in [-0.3, -0.25) is 4.99 Å². The van der Waals surface area contributed by atoms with Gasteiger partial charge in [-0.25, -0.2) is 15.0 Å². The fourth-order valence-electron chi connectivity index (χ4n) is 2.62. The van der Waals surface area contributed by atoms with Gasteiger partial charge in [0.15, 0.2) is 0 Å². The van der Waals surface area contributed by atoms with E-state index >= 15 is 0 Å². The topological polar surface area (TPSA) is 63.1 Å². The van der Waals surface area contributed by atoms with Gasteiger partial charge in [-0.2, -0.15) is 0 Å². The molecule has 0 bridgehead atoms. The summed E-state index contributed by atoms with van der Waals surface area (Å²) in [5.74, 6) is 1.57. The zero-order valence-electron chi connectivity index (χ0n) is 13.4. The van der Waals surface area contributed by atoms with E-state index in [1.54, 1.807) is 17.5 Å². The molecule has 4 rings (SSSR count). The summed E-state index contributed by atoms with van der Waals surface area (Å²) in [5.41, 5.74) is 3.20. The third-order valence-corrected chi connectivity index (χ3v) is 4.87. The average Bonchev–Trinajstić information content (AvgIpc) is 3.27. The first-order valence-corrected chi connectivity index (χ1v) is 8.76. The van der Waals surface area contributed by atoms with Gasteiger partial charge < -0.3 is 5.32 Å². The monoisotopic (exact) mass is 335 g/mol. The molecule has 0 atom stereocenters. The maximum Gasteiger partial charge on any atom is 0.137 e. The summed E-state index contributed by atoms with van der Waals surface area (Å²) in [6, 6.07) is 9.91. The minimum atomic E-state index is 0.777. The van der Waals surface area contributed by atoms with Gasteiger partial charge in [-0.15, -0.1) is 11.3 Å². The highest BCUT2D eigenvalue weighted by molar-refractivity contribution is 7.17. The molecule has 1 N–H and O–H groups in total. The molecule has 3 aromatic heterocycles. The summed E-state index contributed by atoms with van der Waals surface area (Å²) in [4.78, 5) is 19.1. The molecule has 6 heteroatoms. The van der Waals surface area contributed by atoms with Crippen LogP contribution in [0.25, 0.3) is 10.6 Å². The Morgan fingerprint density at radius 3 is 2.92 bits per heavy atom. The van der Waals surface area contributed by atoms with Crippen LogP contribution in [0.2, 0.25) is 0 Å². The largest absolute Gasteiger partial charge is 0.325 e. The molecule has 4 heterocycles. The highest BCUT2D eigenvalue weighted by Crippen LogP contribution is 2.28. The van der Waals surface area contributed by atoms with Crippen molar-refractivity contribution in [2.45, 2.75) is 19.8 Å². The van der Waals surface area contributed by atoms with E-state index in [0.717, 1.165) is 57.9 Å². The number of thiazole rings is 1. The second kappa shape index (κ2) is 6.49. The van der Waals surface area contributed by atoms with Gasteiger partial charge in [0.25, 0.3) is 0 Å². The number of aromatic nitrogens is 3. The highest BCUT2D eigenvalue weighted by Gasteiger charge is 2.14. The maximum atomic E-state index is 4.69. The fourth-order valence-corrected chi connectivity index (χ4v) is 3.54. The Morgan fingerprint density at radius 1 is 1.12 bits per heavy atom. The number of pyridine rings is 2. The molecule has 0 saturated heterocycles. The molecule has 0 saturated carbocycles. The van der Waals surface area contributed by atoms with Crippen molar-refractivity contribution in [3.05, 3.63) is 53.3 Å². The number of hydrogen-bond acceptors (Lipinski definition) is 6.